The van der Waals surface area contributed by atoms with Crippen molar-refractivity contribution in [3.8, 4) is 0 Å². The minimum atomic E-state index is -1.32. The molecule has 2 rings (SSSR count). The van der Waals surface area contributed by atoms with Crippen LogP contribution in [0.1, 0.15) is 69.0 Å². The Morgan fingerprint density at radius 2 is 1.75 bits per heavy atom. The van der Waals surface area contributed by atoms with Crippen molar-refractivity contribution >= 4 is 28.3 Å². The molecule has 2 aromatic rings. The van der Waals surface area contributed by atoms with Gasteiger partial charge in [0, 0.05) is 5.92 Å². The van der Waals surface area contributed by atoms with E-state index in [9.17, 15) is 14.7 Å². The monoisotopic (exact) mass is 404 g/mol. The molecule has 0 radical (unpaired) electrons. The molecule has 0 fully saturated rings. The molecule has 0 spiro atoms. The Hall–Kier alpha value is -2.32. The van der Waals surface area contributed by atoms with Gasteiger partial charge in [0.05, 0.1) is 0 Å². The molecule has 1 heterocycles. The van der Waals surface area contributed by atoms with Gasteiger partial charge in [0.15, 0.2) is 6.10 Å². The number of carbonyl (C=O) groups is 2. The van der Waals surface area contributed by atoms with Crippen molar-refractivity contribution in [1.29, 1.82) is 0 Å². The highest BCUT2D eigenvalue weighted by Crippen LogP contribution is 2.28. The van der Waals surface area contributed by atoms with Crippen molar-refractivity contribution in [2.45, 2.75) is 64.5 Å². The predicted octanol–water partition coefficient (Wildman–Crippen LogP) is 3.40. The van der Waals surface area contributed by atoms with E-state index in [4.69, 9.17) is 0 Å². The molecule has 0 aliphatic carbocycles. The van der Waals surface area contributed by atoms with Crippen LogP contribution in [0.5, 0.6) is 0 Å². The molecule has 28 heavy (non-hydrogen) atoms. The largest absolute Gasteiger partial charge is 0.378 e. The Morgan fingerprint density at radius 3 is 2.36 bits per heavy atom. The molecule has 7 nitrogen and oxygen atoms in total. The van der Waals surface area contributed by atoms with Crippen molar-refractivity contribution in [2.75, 3.05) is 5.32 Å². The molecule has 2 amide bonds. The van der Waals surface area contributed by atoms with E-state index in [2.05, 4.69) is 34.7 Å². The van der Waals surface area contributed by atoms with Crippen molar-refractivity contribution in [3.05, 3.63) is 40.9 Å². The third-order valence-corrected chi connectivity index (χ3v) is 5.58. The zero-order chi connectivity index (χ0) is 20.5. The lowest BCUT2D eigenvalue weighted by atomic mass is 10.1. The highest BCUT2D eigenvalue weighted by Gasteiger charge is 2.25. The van der Waals surface area contributed by atoms with Gasteiger partial charge in [-0.1, -0.05) is 68.9 Å². The Morgan fingerprint density at radius 1 is 1.07 bits per heavy atom. The smallest absolute Gasteiger partial charge is 0.254 e. The average molecular weight is 405 g/mol. The molecule has 1 aromatic carbocycles. The Labute approximate surface area is 169 Å². The second-order valence-electron chi connectivity index (χ2n) is 6.61. The first-order valence-electron chi connectivity index (χ1n) is 9.67. The fourth-order valence-electron chi connectivity index (χ4n) is 2.88. The summed E-state index contributed by atoms with van der Waals surface area (Å²) < 4.78 is 0. The molecule has 0 saturated heterocycles. The van der Waals surface area contributed by atoms with Gasteiger partial charge in [-0.2, -0.15) is 0 Å². The lowest BCUT2D eigenvalue weighted by Gasteiger charge is -2.19. The predicted molar refractivity (Wildman–Crippen MR) is 110 cm³/mol. The molecule has 1 aromatic heterocycles. The van der Waals surface area contributed by atoms with Gasteiger partial charge < -0.3 is 10.4 Å². The number of rotatable bonds is 10. The fraction of sp³-hybridized carbons (Fsp3) is 0.500. The third-order valence-electron chi connectivity index (χ3n) is 4.58. The Kier molecular flexibility index (Phi) is 8.53. The highest BCUT2D eigenvalue weighted by atomic mass is 32.1. The summed E-state index contributed by atoms with van der Waals surface area (Å²) in [6, 6.07) is 7.87. The summed E-state index contributed by atoms with van der Waals surface area (Å²) in [6.45, 7) is 6.12. The summed E-state index contributed by atoms with van der Waals surface area (Å²) in [5.41, 5.74) is 0.481. The van der Waals surface area contributed by atoms with Crippen LogP contribution in [0.2, 0.25) is 0 Å². The van der Waals surface area contributed by atoms with Crippen LogP contribution >= 0.6 is 11.3 Å². The summed E-state index contributed by atoms with van der Waals surface area (Å²) in [7, 11) is 0. The van der Waals surface area contributed by atoms with E-state index in [1.54, 1.807) is 30.3 Å². The van der Waals surface area contributed by atoms with Gasteiger partial charge >= 0.3 is 0 Å². The van der Waals surface area contributed by atoms with Crippen molar-refractivity contribution in [1.82, 2.24) is 15.5 Å². The Balaban J connectivity index is 2.02. The summed E-state index contributed by atoms with van der Waals surface area (Å²) in [6.07, 6.45) is 1.76. The number of benzene rings is 1. The van der Waals surface area contributed by atoms with E-state index < -0.39 is 18.1 Å². The average Bonchev–Trinajstić information content (AvgIpc) is 3.16. The van der Waals surface area contributed by atoms with Crippen molar-refractivity contribution in [3.63, 3.8) is 0 Å². The number of hydrogen-bond acceptors (Lipinski definition) is 6. The summed E-state index contributed by atoms with van der Waals surface area (Å²) in [4.78, 5) is 25.0. The molecule has 0 saturated carbocycles. The van der Waals surface area contributed by atoms with Crippen LogP contribution in [-0.4, -0.2) is 33.2 Å². The van der Waals surface area contributed by atoms with E-state index in [1.165, 1.54) is 11.3 Å². The number of amides is 2. The third kappa shape index (κ3) is 5.84. The zero-order valence-electron chi connectivity index (χ0n) is 16.5. The van der Waals surface area contributed by atoms with E-state index in [-0.39, 0.29) is 5.91 Å². The molecule has 3 N–H and O–H groups in total. The lowest BCUT2D eigenvalue weighted by Crippen LogP contribution is -2.45. The van der Waals surface area contributed by atoms with Gasteiger partial charge in [0.2, 0.25) is 11.0 Å². The van der Waals surface area contributed by atoms with Crippen molar-refractivity contribution < 1.29 is 14.7 Å². The van der Waals surface area contributed by atoms with E-state index in [0.29, 0.717) is 29.5 Å². The molecular formula is C20H28N4O3S. The van der Waals surface area contributed by atoms with Crippen LogP contribution < -0.4 is 10.6 Å². The number of anilines is 1. The summed E-state index contributed by atoms with van der Waals surface area (Å²) in [5, 5.41) is 25.2. The SMILES string of the molecule is CCCC(NC(=O)[C@H](O)c1ccccc1)C(=O)Nc1nnc(C(CC)CC)s1. The maximum atomic E-state index is 12.6. The lowest BCUT2D eigenvalue weighted by molar-refractivity contribution is -0.133. The minimum Gasteiger partial charge on any atom is -0.378 e. The van der Waals surface area contributed by atoms with Gasteiger partial charge in [-0.05, 0) is 24.8 Å². The van der Waals surface area contributed by atoms with Crippen molar-refractivity contribution in [2.24, 2.45) is 0 Å². The van der Waals surface area contributed by atoms with E-state index in [0.717, 1.165) is 17.8 Å². The van der Waals surface area contributed by atoms with Gasteiger partial charge in [-0.15, -0.1) is 10.2 Å². The first-order valence-corrected chi connectivity index (χ1v) is 10.5. The normalized spacial score (nSPS) is 13.2. The van der Waals surface area contributed by atoms with Crippen LogP contribution in [0.15, 0.2) is 30.3 Å². The van der Waals surface area contributed by atoms with Crippen LogP contribution in [0.4, 0.5) is 5.13 Å². The van der Waals surface area contributed by atoms with Gasteiger partial charge in [0.25, 0.3) is 5.91 Å². The Bertz CT molecular complexity index is 762. The fourth-order valence-corrected chi connectivity index (χ4v) is 3.89. The second-order valence-corrected chi connectivity index (χ2v) is 7.62. The number of carbonyl (C=O) groups excluding carboxylic acids is 2. The number of aromatic nitrogens is 2. The molecule has 1 unspecified atom stereocenters. The zero-order valence-corrected chi connectivity index (χ0v) is 17.3. The molecular weight excluding hydrogens is 376 g/mol. The number of hydrogen-bond donors (Lipinski definition) is 3. The second kappa shape index (κ2) is 10.9. The van der Waals surface area contributed by atoms with E-state index >= 15 is 0 Å². The standard InChI is InChI=1S/C20H28N4O3S/c1-4-10-15(21-18(27)16(25)14-11-8-7-9-12-14)17(26)22-20-24-23-19(28-20)13(5-2)6-3/h7-9,11-13,15-16,25H,4-6,10H2,1-3H3,(H,21,27)(H,22,24,26)/t15?,16-/m1/s1. The molecule has 0 aliphatic heterocycles. The topological polar surface area (TPSA) is 104 Å². The van der Waals surface area contributed by atoms with Gasteiger partial charge in [-0.25, -0.2) is 0 Å². The summed E-state index contributed by atoms with van der Waals surface area (Å²) in [5.74, 6) is -0.632. The number of nitrogens with one attached hydrogen (secondary N) is 2. The maximum Gasteiger partial charge on any atom is 0.254 e. The molecule has 152 valence electrons. The maximum absolute atomic E-state index is 12.6. The number of aliphatic hydroxyl groups is 1. The molecule has 0 bridgehead atoms. The van der Waals surface area contributed by atoms with Crippen LogP contribution in [0, 0.1) is 0 Å². The van der Waals surface area contributed by atoms with E-state index in [1.807, 2.05) is 6.92 Å². The van der Waals surface area contributed by atoms with Crippen LogP contribution in [0.25, 0.3) is 0 Å². The summed E-state index contributed by atoms with van der Waals surface area (Å²) >= 11 is 1.36. The van der Waals surface area contributed by atoms with Crippen LogP contribution in [0.3, 0.4) is 0 Å². The molecule has 0 aliphatic rings. The first-order chi connectivity index (χ1) is 13.5. The number of aliphatic hydroxyl groups excluding tert-OH is 1. The minimum absolute atomic E-state index is 0.329. The molecule has 8 heteroatoms. The van der Waals surface area contributed by atoms with Gasteiger partial charge in [0.1, 0.15) is 11.0 Å². The molecule has 2 atom stereocenters. The van der Waals surface area contributed by atoms with Crippen LogP contribution in [-0.2, 0) is 9.59 Å². The quantitative estimate of drug-likeness (QED) is 0.563. The highest BCUT2D eigenvalue weighted by molar-refractivity contribution is 7.15. The number of nitrogens with zero attached hydrogens (tertiary/aromatic N) is 2. The van der Waals surface area contributed by atoms with Gasteiger partial charge in [-0.3, -0.25) is 14.9 Å². The first kappa shape index (κ1) is 22.0.